The molecular formula is C15H22BrIN4O. The second kappa shape index (κ2) is 8.71. The number of nitrogens with zero attached hydrogens (tertiary/aromatic N) is 1. The highest BCUT2D eigenvalue weighted by molar-refractivity contribution is 14.0. The maximum absolute atomic E-state index is 12.0. The summed E-state index contributed by atoms with van der Waals surface area (Å²) in [4.78, 5) is 16.1. The summed E-state index contributed by atoms with van der Waals surface area (Å²) in [6, 6.07) is 6.28. The summed E-state index contributed by atoms with van der Waals surface area (Å²) in [5.74, 6) is 1.26. The molecule has 1 aliphatic rings. The number of hydrogen-bond acceptors (Lipinski definition) is 2. The molecule has 3 N–H and O–H groups in total. The highest BCUT2D eigenvalue weighted by Gasteiger charge is 2.33. The Kier molecular flexibility index (Phi) is 7.61. The monoisotopic (exact) mass is 480 g/mol. The van der Waals surface area contributed by atoms with Crippen LogP contribution in [-0.4, -0.2) is 31.5 Å². The number of amides is 1. The number of hydrogen-bond donors (Lipinski definition) is 3. The molecule has 1 aliphatic carbocycles. The number of nitrogens with one attached hydrogen (secondary N) is 3. The summed E-state index contributed by atoms with van der Waals surface area (Å²) in [5.41, 5.74) is 1.84. The van der Waals surface area contributed by atoms with E-state index in [1.165, 1.54) is 0 Å². The number of benzene rings is 1. The summed E-state index contributed by atoms with van der Waals surface area (Å²) in [7, 11) is 1.71. The Morgan fingerprint density at radius 3 is 2.73 bits per heavy atom. The summed E-state index contributed by atoms with van der Waals surface area (Å²) in [6.07, 6.45) is 1.16. The third-order valence-electron chi connectivity index (χ3n) is 3.55. The number of carbonyl (C=O) groups is 1. The SMILES string of the molecule is CN=C(NCC(=O)Nc1cc(Br)ccc1C)NC1CC1C.I. The Hall–Kier alpha value is -0.830. The van der Waals surface area contributed by atoms with Gasteiger partial charge in [-0.2, -0.15) is 0 Å². The zero-order chi connectivity index (χ0) is 15.4. The predicted molar refractivity (Wildman–Crippen MR) is 105 cm³/mol. The molecule has 1 aromatic carbocycles. The summed E-state index contributed by atoms with van der Waals surface area (Å²) in [6.45, 7) is 4.34. The highest BCUT2D eigenvalue weighted by Crippen LogP contribution is 2.28. The van der Waals surface area contributed by atoms with Gasteiger partial charge in [0.25, 0.3) is 0 Å². The lowest BCUT2D eigenvalue weighted by Gasteiger charge is -2.12. The summed E-state index contributed by atoms with van der Waals surface area (Å²) >= 11 is 3.40. The number of rotatable bonds is 4. The van der Waals surface area contributed by atoms with Crippen molar-refractivity contribution in [2.24, 2.45) is 10.9 Å². The molecule has 22 heavy (non-hydrogen) atoms. The van der Waals surface area contributed by atoms with Gasteiger partial charge in [-0.05, 0) is 37.0 Å². The van der Waals surface area contributed by atoms with Crippen molar-refractivity contribution in [1.29, 1.82) is 0 Å². The lowest BCUT2D eigenvalue weighted by atomic mass is 10.2. The number of carbonyl (C=O) groups excluding carboxylic acids is 1. The van der Waals surface area contributed by atoms with E-state index in [9.17, 15) is 4.79 Å². The van der Waals surface area contributed by atoms with Crippen LogP contribution in [0.25, 0.3) is 0 Å². The van der Waals surface area contributed by atoms with Crippen molar-refractivity contribution in [1.82, 2.24) is 10.6 Å². The normalized spacial score (nSPS) is 19.9. The molecule has 0 aliphatic heterocycles. The van der Waals surface area contributed by atoms with Crippen molar-refractivity contribution in [2.45, 2.75) is 26.3 Å². The standard InChI is InChI=1S/C15H21BrN4O.HI/c1-9-4-5-11(16)7-13(9)19-14(21)8-18-15(17-3)20-12-6-10(12)2;/h4-5,7,10,12H,6,8H2,1-3H3,(H,19,21)(H2,17,18,20);1H. The smallest absolute Gasteiger partial charge is 0.243 e. The molecule has 1 fully saturated rings. The van der Waals surface area contributed by atoms with Gasteiger partial charge in [-0.25, -0.2) is 0 Å². The number of anilines is 1. The minimum Gasteiger partial charge on any atom is -0.353 e. The molecule has 0 saturated heterocycles. The van der Waals surface area contributed by atoms with E-state index in [0.29, 0.717) is 17.9 Å². The summed E-state index contributed by atoms with van der Waals surface area (Å²) < 4.78 is 0.941. The molecule has 0 spiro atoms. The quantitative estimate of drug-likeness (QED) is 0.352. The van der Waals surface area contributed by atoms with E-state index >= 15 is 0 Å². The van der Waals surface area contributed by atoms with Gasteiger partial charge in [0.15, 0.2) is 5.96 Å². The number of guanidine groups is 1. The largest absolute Gasteiger partial charge is 0.353 e. The Bertz CT molecular complexity index is 564. The molecule has 5 nitrogen and oxygen atoms in total. The molecule has 122 valence electrons. The van der Waals surface area contributed by atoms with Crippen molar-refractivity contribution in [3.05, 3.63) is 28.2 Å². The Balaban J connectivity index is 0.00000242. The van der Waals surface area contributed by atoms with Crippen molar-refractivity contribution in [3.8, 4) is 0 Å². The van der Waals surface area contributed by atoms with Crippen molar-refractivity contribution < 1.29 is 4.79 Å². The van der Waals surface area contributed by atoms with E-state index in [2.05, 4.69) is 43.8 Å². The number of aliphatic imine (C=N–C) groups is 1. The molecule has 0 heterocycles. The van der Waals surface area contributed by atoms with Gasteiger partial charge in [0, 0.05) is 23.2 Å². The minimum absolute atomic E-state index is 0. The maximum atomic E-state index is 12.0. The fourth-order valence-electron chi connectivity index (χ4n) is 1.98. The van der Waals surface area contributed by atoms with E-state index in [0.717, 1.165) is 22.1 Å². The van der Waals surface area contributed by atoms with Crippen LogP contribution in [0.5, 0.6) is 0 Å². The zero-order valence-electron chi connectivity index (χ0n) is 12.9. The Labute approximate surface area is 156 Å². The average Bonchev–Trinajstić information content (AvgIpc) is 3.14. The van der Waals surface area contributed by atoms with Gasteiger partial charge >= 0.3 is 0 Å². The van der Waals surface area contributed by atoms with Gasteiger partial charge in [0.2, 0.25) is 5.91 Å². The van der Waals surface area contributed by atoms with Gasteiger partial charge in [-0.1, -0.05) is 28.9 Å². The molecule has 7 heteroatoms. The first-order valence-corrected chi connectivity index (χ1v) is 7.82. The van der Waals surface area contributed by atoms with Crippen LogP contribution in [0.1, 0.15) is 18.9 Å². The van der Waals surface area contributed by atoms with E-state index in [1.807, 2.05) is 25.1 Å². The molecule has 2 unspecified atom stereocenters. The minimum atomic E-state index is -0.0944. The van der Waals surface area contributed by atoms with Gasteiger partial charge in [-0.15, -0.1) is 24.0 Å². The molecule has 0 aromatic heterocycles. The van der Waals surface area contributed by atoms with E-state index < -0.39 is 0 Å². The second-order valence-corrected chi connectivity index (χ2v) is 6.31. The van der Waals surface area contributed by atoms with Crippen molar-refractivity contribution in [3.63, 3.8) is 0 Å². The van der Waals surface area contributed by atoms with Gasteiger partial charge in [0.1, 0.15) is 0 Å². The first-order chi connectivity index (χ1) is 9.99. The number of aryl methyl sites for hydroxylation is 1. The van der Waals surface area contributed by atoms with Crippen LogP contribution >= 0.6 is 39.9 Å². The van der Waals surface area contributed by atoms with Gasteiger partial charge < -0.3 is 16.0 Å². The number of halogens is 2. The topological polar surface area (TPSA) is 65.5 Å². The van der Waals surface area contributed by atoms with Crippen molar-refractivity contribution in [2.75, 3.05) is 18.9 Å². The van der Waals surface area contributed by atoms with Crippen LogP contribution in [0.3, 0.4) is 0 Å². The fourth-order valence-corrected chi connectivity index (χ4v) is 2.34. The third-order valence-corrected chi connectivity index (χ3v) is 4.04. The molecule has 1 saturated carbocycles. The maximum Gasteiger partial charge on any atom is 0.243 e. The van der Waals surface area contributed by atoms with Crippen LogP contribution in [0.4, 0.5) is 5.69 Å². The predicted octanol–water partition coefficient (Wildman–Crippen LogP) is 2.89. The molecule has 2 rings (SSSR count). The van der Waals surface area contributed by atoms with Crippen LogP contribution in [0.2, 0.25) is 0 Å². The highest BCUT2D eigenvalue weighted by atomic mass is 127. The first-order valence-electron chi connectivity index (χ1n) is 7.02. The molecule has 1 aromatic rings. The molecule has 0 bridgehead atoms. The average molecular weight is 481 g/mol. The molecule has 0 radical (unpaired) electrons. The molecule has 2 atom stereocenters. The lowest BCUT2D eigenvalue weighted by molar-refractivity contribution is -0.115. The van der Waals surface area contributed by atoms with Crippen LogP contribution < -0.4 is 16.0 Å². The van der Waals surface area contributed by atoms with Gasteiger partial charge in [-0.3, -0.25) is 9.79 Å². The fraction of sp³-hybridized carbons (Fsp3) is 0.467. The second-order valence-electron chi connectivity index (χ2n) is 5.40. The van der Waals surface area contributed by atoms with E-state index in [-0.39, 0.29) is 36.4 Å². The van der Waals surface area contributed by atoms with Crippen LogP contribution in [0, 0.1) is 12.8 Å². The Morgan fingerprint density at radius 2 is 2.14 bits per heavy atom. The van der Waals surface area contributed by atoms with E-state index in [1.54, 1.807) is 7.05 Å². The third kappa shape index (κ3) is 5.75. The van der Waals surface area contributed by atoms with Crippen LogP contribution in [-0.2, 0) is 4.79 Å². The Morgan fingerprint density at radius 1 is 1.45 bits per heavy atom. The molecular weight excluding hydrogens is 459 g/mol. The van der Waals surface area contributed by atoms with Crippen molar-refractivity contribution >= 4 is 57.5 Å². The molecule has 1 amide bonds. The zero-order valence-corrected chi connectivity index (χ0v) is 16.9. The summed E-state index contributed by atoms with van der Waals surface area (Å²) in [5, 5.41) is 9.21. The van der Waals surface area contributed by atoms with Gasteiger partial charge in [0.05, 0.1) is 6.54 Å². The first kappa shape index (κ1) is 19.2. The van der Waals surface area contributed by atoms with Crippen LogP contribution in [0.15, 0.2) is 27.7 Å². The van der Waals surface area contributed by atoms with E-state index in [4.69, 9.17) is 0 Å². The lowest BCUT2D eigenvalue weighted by Crippen LogP contribution is -2.42.